The van der Waals surface area contributed by atoms with Crippen molar-refractivity contribution in [2.45, 2.75) is 20.0 Å². The molecule has 4 nitrogen and oxygen atoms in total. The van der Waals surface area contributed by atoms with E-state index in [1.165, 1.54) is 0 Å². The van der Waals surface area contributed by atoms with Crippen molar-refractivity contribution >= 4 is 41.1 Å². The summed E-state index contributed by atoms with van der Waals surface area (Å²) in [5, 5.41) is 4.53. The Hall–Kier alpha value is -1.95. The molecule has 1 aliphatic heterocycles. The zero-order valence-corrected chi connectivity index (χ0v) is 15.8. The lowest BCUT2D eigenvalue weighted by molar-refractivity contribution is -0.612. The molecule has 0 radical (unpaired) electrons. The highest BCUT2D eigenvalue weighted by Crippen LogP contribution is 2.27. The molecule has 1 N–H and O–H groups in total. The quantitative estimate of drug-likeness (QED) is 0.508. The van der Waals surface area contributed by atoms with Gasteiger partial charge in [0.25, 0.3) is 5.82 Å². The molecule has 0 spiro atoms. The number of hydrogen-bond acceptors (Lipinski definition) is 2. The number of aromatic amines is 1. The molecule has 1 aromatic heterocycles. The Morgan fingerprint density at radius 3 is 2.76 bits per heavy atom. The van der Waals surface area contributed by atoms with Crippen LogP contribution in [-0.2, 0) is 13.1 Å². The maximum atomic E-state index is 6.44. The fourth-order valence-electron chi connectivity index (χ4n) is 3.15. The Kier molecular flexibility index (Phi) is 4.23. The molecular weight excluding hydrogens is 375 g/mol. The first kappa shape index (κ1) is 16.5. The lowest BCUT2D eigenvalue weighted by Gasteiger charge is -2.10. The van der Waals surface area contributed by atoms with Crippen LogP contribution in [0.4, 0.5) is 0 Å². The van der Waals surface area contributed by atoms with E-state index < -0.39 is 0 Å². The SMILES string of the molecule is CCn1[nH]c(=S)[n+]2c1CN=C(c1ccccc1Cl)c1cc(Cl)ccc1-2. The number of aliphatic imine (C=N–C) groups is 1. The van der Waals surface area contributed by atoms with E-state index in [1.807, 2.05) is 51.7 Å². The predicted molar refractivity (Wildman–Crippen MR) is 103 cm³/mol. The summed E-state index contributed by atoms with van der Waals surface area (Å²) in [6.07, 6.45) is 0. The summed E-state index contributed by atoms with van der Waals surface area (Å²) in [5.41, 5.74) is 3.57. The van der Waals surface area contributed by atoms with Crippen LogP contribution in [-0.4, -0.2) is 15.5 Å². The highest BCUT2D eigenvalue weighted by Gasteiger charge is 2.28. The zero-order chi connectivity index (χ0) is 17.6. The van der Waals surface area contributed by atoms with Gasteiger partial charge >= 0.3 is 4.77 Å². The molecule has 0 unspecified atom stereocenters. The molecule has 25 heavy (non-hydrogen) atoms. The number of aryl methyl sites for hydroxylation is 1. The van der Waals surface area contributed by atoms with Crippen LogP contribution in [0.3, 0.4) is 0 Å². The van der Waals surface area contributed by atoms with E-state index in [0.29, 0.717) is 21.4 Å². The smallest absolute Gasteiger partial charge is 0.273 e. The Morgan fingerprint density at radius 2 is 2.00 bits per heavy atom. The number of benzene rings is 2. The fraction of sp³-hybridized carbons (Fsp3) is 0.167. The van der Waals surface area contributed by atoms with Gasteiger partial charge in [-0.3, -0.25) is 4.99 Å². The monoisotopic (exact) mass is 389 g/mol. The van der Waals surface area contributed by atoms with Gasteiger partial charge in [0.05, 0.1) is 12.3 Å². The highest BCUT2D eigenvalue weighted by molar-refractivity contribution is 7.71. The molecule has 3 aromatic rings. The van der Waals surface area contributed by atoms with Gasteiger partial charge < -0.3 is 0 Å². The lowest BCUT2D eigenvalue weighted by atomic mass is 10.0. The van der Waals surface area contributed by atoms with Crippen LogP contribution < -0.4 is 4.57 Å². The summed E-state index contributed by atoms with van der Waals surface area (Å²) in [6, 6.07) is 13.5. The molecule has 2 aromatic carbocycles. The Labute approximate surface area is 160 Å². The van der Waals surface area contributed by atoms with Gasteiger partial charge in [-0.05, 0) is 43.4 Å². The molecule has 2 heterocycles. The van der Waals surface area contributed by atoms with Gasteiger partial charge in [-0.1, -0.05) is 41.4 Å². The number of hydrogen-bond donors (Lipinski definition) is 1. The number of H-pyrrole nitrogens is 1. The molecule has 0 saturated heterocycles. The van der Waals surface area contributed by atoms with Crippen LogP contribution in [0.25, 0.3) is 5.69 Å². The molecule has 1 aliphatic rings. The zero-order valence-electron chi connectivity index (χ0n) is 13.5. The first-order valence-electron chi connectivity index (χ1n) is 7.93. The third kappa shape index (κ3) is 2.72. The van der Waals surface area contributed by atoms with Crippen molar-refractivity contribution in [2.24, 2.45) is 4.99 Å². The first-order valence-corrected chi connectivity index (χ1v) is 9.10. The maximum Gasteiger partial charge on any atom is 0.328 e. The van der Waals surface area contributed by atoms with E-state index in [1.54, 1.807) is 0 Å². The lowest BCUT2D eigenvalue weighted by Crippen LogP contribution is -2.36. The third-order valence-electron chi connectivity index (χ3n) is 4.28. The van der Waals surface area contributed by atoms with E-state index in [9.17, 15) is 0 Å². The molecule has 0 amide bonds. The van der Waals surface area contributed by atoms with Crippen LogP contribution in [0.1, 0.15) is 23.9 Å². The number of fused-ring (bicyclic) bond motifs is 3. The summed E-state index contributed by atoms with van der Waals surface area (Å²) in [6.45, 7) is 3.35. The van der Waals surface area contributed by atoms with Gasteiger partial charge in [-0.25, -0.2) is 0 Å². The summed E-state index contributed by atoms with van der Waals surface area (Å²) in [7, 11) is 0. The maximum absolute atomic E-state index is 6.44. The minimum absolute atomic E-state index is 0.494. The van der Waals surface area contributed by atoms with Gasteiger partial charge in [-0.15, -0.1) is 9.78 Å². The van der Waals surface area contributed by atoms with Gasteiger partial charge in [0.1, 0.15) is 12.2 Å². The minimum Gasteiger partial charge on any atom is -0.273 e. The predicted octanol–water partition coefficient (Wildman–Crippen LogP) is 4.50. The van der Waals surface area contributed by atoms with Crippen LogP contribution in [0.2, 0.25) is 10.0 Å². The third-order valence-corrected chi connectivity index (χ3v) is 5.12. The second-order valence-corrected chi connectivity index (χ2v) is 6.95. The van der Waals surface area contributed by atoms with Gasteiger partial charge in [0, 0.05) is 21.2 Å². The van der Waals surface area contributed by atoms with E-state index >= 15 is 0 Å². The van der Waals surface area contributed by atoms with Gasteiger partial charge in [0.2, 0.25) is 0 Å². The molecule has 0 bridgehead atoms. The van der Waals surface area contributed by atoms with Crippen molar-refractivity contribution in [1.82, 2.24) is 9.78 Å². The number of rotatable bonds is 2. The summed E-state index contributed by atoms with van der Waals surface area (Å²) >= 11 is 18.3. The average molecular weight is 390 g/mol. The molecule has 4 rings (SSSR count). The normalized spacial score (nSPS) is 13.0. The molecular formula is C18H15Cl2N4S+. The van der Waals surface area contributed by atoms with E-state index in [2.05, 4.69) is 12.0 Å². The Bertz CT molecular complexity index is 1070. The molecule has 0 fully saturated rings. The van der Waals surface area contributed by atoms with Crippen molar-refractivity contribution in [3.63, 3.8) is 0 Å². The van der Waals surface area contributed by atoms with Crippen LogP contribution >= 0.6 is 35.4 Å². The second-order valence-electron chi connectivity index (χ2n) is 5.72. The van der Waals surface area contributed by atoms with Crippen molar-refractivity contribution in [3.05, 3.63) is 74.2 Å². The van der Waals surface area contributed by atoms with Crippen LogP contribution in [0, 0.1) is 4.77 Å². The van der Waals surface area contributed by atoms with E-state index in [-0.39, 0.29) is 0 Å². The number of halogens is 2. The second kappa shape index (κ2) is 6.41. The Balaban J connectivity index is 2.05. The van der Waals surface area contributed by atoms with E-state index in [0.717, 1.165) is 34.9 Å². The molecule has 7 heteroatoms. The minimum atomic E-state index is 0.494. The largest absolute Gasteiger partial charge is 0.328 e. The number of aromatic nitrogens is 3. The molecule has 126 valence electrons. The highest BCUT2D eigenvalue weighted by atomic mass is 35.5. The average Bonchev–Trinajstić information content (AvgIpc) is 2.82. The van der Waals surface area contributed by atoms with Crippen molar-refractivity contribution in [2.75, 3.05) is 0 Å². The molecule has 0 atom stereocenters. The van der Waals surface area contributed by atoms with Gasteiger partial charge in [0.15, 0.2) is 0 Å². The fourth-order valence-corrected chi connectivity index (χ4v) is 3.86. The molecule has 0 saturated carbocycles. The summed E-state index contributed by atoms with van der Waals surface area (Å²) < 4.78 is 4.67. The van der Waals surface area contributed by atoms with Crippen molar-refractivity contribution in [1.29, 1.82) is 0 Å². The van der Waals surface area contributed by atoms with Crippen LogP contribution in [0.15, 0.2) is 47.5 Å². The van der Waals surface area contributed by atoms with Crippen LogP contribution in [0.5, 0.6) is 0 Å². The number of nitrogens with one attached hydrogen (secondary N) is 1. The van der Waals surface area contributed by atoms with Crippen molar-refractivity contribution < 1.29 is 4.57 Å². The van der Waals surface area contributed by atoms with E-state index in [4.69, 9.17) is 40.4 Å². The standard InChI is InChI=1S/C18H14Cl2N4S/c1-2-23-16-10-21-17(12-5-3-4-6-14(12)20)13-9-11(19)7-8-15(13)24(16)18(25)22-23/h3-9H,2,10H2,1H3/p+1. The number of nitrogens with zero attached hydrogens (tertiary/aromatic N) is 3. The van der Waals surface area contributed by atoms with Gasteiger partial charge in [-0.2, -0.15) is 4.57 Å². The summed E-state index contributed by atoms with van der Waals surface area (Å²) in [5.74, 6) is 0.998. The first-order chi connectivity index (χ1) is 12.1. The molecule has 0 aliphatic carbocycles. The summed E-state index contributed by atoms with van der Waals surface area (Å²) in [4.78, 5) is 4.87. The topological polar surface area (TPSA) is 37.0 Å². The van der Waals surface area contributed by atoms with Crippen molar-refractivity contribution in [3.8, 4) is 5.69 Å². The Morgan fingerprint density at radius 1 is 1.20 bits per heavy atom.